The van der Waals surface area contributed by atoms with E-state index < -0.39 is 18.2 Å². The number of nitrogens with two attached hydrogens (primary N) is 1. The molecule has 1 aromatic rings. The summed E-state index contributed by atoms with van der Waals surface area (Å²) < 4.78 is 48.0. The van der Waals surface area contributed by atoms with Gasteiger partial charge in [0.25, 0.3) is 0 Å². The summed E-state index contributed by atoms with van der Waals surface area (Å²) in [5.41, 5.74) is 1.97. The maximum absolute atomic E-state index is 12.0. The number of halogens is 4. The molecule has 2 N–H and O–H groups in total. The van der Waals surface area contributed by atoms with E-state index in [1.807, 2.05) is 0 Å². The fourth-order valence-electron chi connectivity index (χ4n) is 1.20. The molecule has 1 rings (SSSR count). The van der Waals surface area contributed by atoms with Crippen LogP contribution in [-0.2, 0) is 0 Å². The Hall–Kier alpha value is -0.750. The van der Waals surface area contributed by atoms with Crippen LogP contribution in [0.2, 0.25) is 0 Å². The minimum Gasteiger partial charge on any atom is -0.324 e. The molecule has 0 fully saturated rings. The highest BCUT2D eigenvalue weighted by atomic mass is 32.2. The van der Waals surface area contributed by atoms with Crippen LogP contribution in [0.25, 0.3) is 0 Å². The summed E-state index contributed by atoms with van der Waals surface area (Å²) >= 11 is -0.180. The monoisotopic (exact) mass is 253 g/mol. The van der Waals surface area contributed by atoms with Crippen molar-refractivity contribution in [3.63, 3.8) is 0 Å². The Labute approximate surface area is 95.0 Å². The van der Waals surface area contributed by atoms with Crippen molar-refractivity contribution in [1.29, 1.82) is 0 Å². The Morgan fingerprint density at radius 2 is 1.75 bits per heavy atom. The normalized spacial score (nSPS) is 13.8. The van der Waals surface area contributed by atoms with Gasteiger partial charge in [-0.05, 0) is 35.9 Å². The number of alkyl halides is 4. The number of hydrogen-bond acceptors (Lipinski definition) is 2. The van der Waals surface area contributed by atoms with Crippen LogP contribution in [0.4, 0.5) is 17.6 Å². The molecule has 6 heteroatoms. The Bertz CT molecular complexity index is 323. The average Bonchev–Trinajstić information content (AvgIpc) is 2.16. The summed E-state index contributed by atoms with van der Waals surface area (Å²) in [5.74, 6) is 0. The summed E-state index contributed by atoms with van der Waals surface area (Å²) in [5, 5.41) is 0. The van der Waals surface area contributed by atoms with Gasteiger partial charge < -0.3 is 5.73 Å². The Kier molecular flexibility index (Phi) is 4.61. The average molecular weight is 253 g/mol. The predicted molar refractivity (Wildman–Crippen MR) is 55.9 cm³/mol. The van der Waals surface area contributed by atoms with Crippen molar-refractivity contribution >= 4 is 11.8 Å². The van der Waals surface area contributed by atoms with Crippen molar-refractivity contribution < 1.29 is 17.6 Å². The fourth-order valence-corrected chi connectivity index (χ4v) is 1.74. The van der Waals surface area contributed by atoms with Crippen LogP contribution in [0.15, 0.2) is 29.2 Å². The van der Waals surface area contributed by atoms with Gasteiger partial charge in [-0.3, -0.25) is 4.39 Å². The SMILES string of the molecule is N[C@@H](CCF)c1ccc(SC(F)(F)F)cc1. The molecule has 1 nitrogen and oxygen atoms in total. The standard InChI is InChI=1S/C10H11F4NS/c11-6-5-9(15)7-1-3-8(4-2-7)16-10(12,13)14/h1-4,9H,5-6,15H2/t9-/m0/s1. The van der Waals surface area contributed by atoms with Crippen molar-refractivity contribution in [2.45, 2.75) is 22.9 Å². The molecule has 16 heavy (non-hydrogen) atoms. The van der Waals surface area contributed by atoms with Gasteiger partial charge in [0.05, 0.1) is 6.67 Å². The molecule has 0 aliphatic rings. The summed E-state index contributed by atoms with van der Waals surface area (Å²) in [4.78, 5) is 0.101. The topological polar surface area (TPSA) is 26.0 Å². The first kappa shape index (κ1) is 13.3. The quantitative estimate of drug-likeness (QED) is 0.654. The molecule has 0 bridgehead atoms. The van der Waals surface area contributed by atoms with Crippen LogP contribution in [0, 0.1) is 0 Å². The first-order chi connectivity index (χ1) is 7.42. The summed E-state index contributed by atoms with van der Waals surface area (Å²) in [6, 6.07) is 5.20. The van der Waals surface area contributed by atoms with Crippen molar-refractivity contribution in [3.05, 3.63) is 29.8 Å². The second-order valence-corrected chi connectivity index (χ2v) is 4.34. The Morgan fingerprint density at radius 3 is 2.19 bits per heavy atom. The summed E-state index contributed by atoms with van der Waals surface area (Å²) in [6.07, 6.45) is 0.172. The molecule has 0 amide bonds. The molecule has 0 unspecified atom stereocenters. The molecule has 90 valence electrons. The maximum atomic E-state index is 12.0. The second-order valence-electron chi connectivity index (χ2n) is 3.20. The van der Waals surface area contributed by atoms with Gasteiger partial charge >= 0.3 is 5.51 Å². The molecule has 0 aliphatic heterocycles. The van der Waals surface area contributed by atoms with Crippen LogP contribution < -0.4 is 5.73 Å². The molecule has 0 aromatic heterocycles. The molecule has 1 atom stereocenters. The van der Waals surface area contributed by atoms with Gasteiger partial charge in [0.2, 0.25) is 0 Å². The summed E-state index contributed by atoms with van der Waals surface area (Å²) in [7, 11) is 0. The predicted octanol–water partition coefficient (Wildman–Crippen LogP) is 3.66. The van der Waals surface area contributed by atoms with Gasteiger partial charge in [-0.1, -0.05) is 12.1 Å². The molecular formula is C10H11F4NS. The van der Waals surface area contributed by atoms with E-state index >= 15 is 0 Å². The maximum Gasteiger partial charge on any atom is 0.446 e. The molecule has 0 saturated heterocycles. The highest BCUT2D eigenvalue weighted by molar-refractivity contribution is 8.00. The molecule has 0 spiro atoms. The highest BCUT2D eigenvalue weighted by Crippen LogP contribution is 2.36. The zero-order valence-electron chi connectivity index (χ0n) is 8.30. The number of benzene rings is 1. The number of rotatable bonds is 4. The van der Waals surface area contributed by atoms with Gasteiger partial charge in [0.1, 0.15) is 0 Å². The smallest absolute Gasteiger partial charge is 0.324 e. The van der Waals surface area contributed by atoms with Crippen molar-refractivity contribution in [3.8, 4) is 0 Å². The lowest BCUT2D eigenvalue weighted by atomic mass is 10.1. The van der Waals surface area contributed by atoms with Crippen LogP contribution in [0.5, 0.6) is 0 Å². The van der Waals surface area contributed by atoms with Gasteiger partial charge in [0.15, 0.2) is 0 Å². The van der Waals surface area contributed by atoms with Crippen LogP contribution in [0.3, 0.4) is 0 Å². The van der Waals surface area contributed by atoms with E-state index in [9.17, 15) is 17.6 Å². The van der Waals surface area contributed by atoms with Gasteiger partial charge in [0, 0.05) is 10.9 Å². The van der Waals surface area contributed by atoms with Crippen LogP contribution >= 0.6 is 11.8 Å². The molecule has 0 heterocycles. The van der Waals surface area contributed by atoms with E-state index in [0.29, 0.717) is 5.56 Å². The third kappa shape index (κ3) is 4.40. The van der Waals surface area contributed by atoms with E-state index in [1.165, 1.54) is 24.3 Å². The first-order valence-corrected chi connectivity index (χ1v) is 5.41. The van der Waals surface area contributed by atoms with Crippen molar-refractivity contribution in [2.75, 3.05) is 6.67 Å². The zero-order valence-corrected chi connectivity index (χ0v) is 9.11. The molecule has 0 radical (unpaired) electrons. The molecule has 0 aliphatic carbocycles. The molecule has 0 saturated carbocycles. The van der Waals surface area contributed by atoms with E-state index in [2.05, 4.69) is 0 Å². The summed E-state index contributed by atoms with van der Waals surface area (Å²) in [6.45, 7) is -0.541. The van der Waals surface area contributed by atoms with Gasteiger partial charge in [-0.15, -0.1) is 0 Å². The van der Waals surface area contributed by atoms with E-state index in [0.717, 1.165) is 0 Å². The largest absolute Gasteiger partial charge is 0.446 e. The lowest BCUT2D eigenvalue weighted by molar-refractivity contribution is -0.0328. The fraction of sp³-hybridized carbons (Fsp3) is 0.400. The van der Waals surface area contributed by atoms with E-state index in [-0.39, 0.29) is 23.1 Å². The first-order valence-electron chi connectivity index (χ1n) is 4.59. The lowest BCUT2D eigenvalue weighted by Crippen LogP contribution is -2.10. The number of hydrogen-bond donors (Lipinski definition) is 1. The molecule has 1 aromatic carbocycles. The number of thioether (sulfide) groups is 1. The minimum atomic E-state index is -4.29. The van der Waals surface area contributed by atoms with Crippen molar-refractivity contribution in [2.24, 2.45) is 5.73 Å². The minimum absolute atomic E-state index is 0.101. The van der Waals surface area contributed by atoms with Crippen LogP contribution in [0.1, 0.15) is 18.0 Å². The molecular weight excluding hydrogens is 242 g/mol. The highest BCUT2D eigenvalue weighted by Gasteiger charge is 2.29. The zero-order chi connectivity index (χ0) is 12.2. The second kappa shape index (κ2) is 5.54. The Morgan fingerprint density at radius 1 is 1.19 bits per heavy atom. The Balaban J connectivity index is 2.68. The third-order valence-corrected chi connectivity index (χ3v) is 2.70. The van der Waals surface area contributed by atoms with Gasteiger partial charge in [-0.25, -0.2) is 0 Å². The van der Waals surface area contributed by atoms with Gasteiger partial charge in [-0.2, -0.15) is 13.2 Å². The van der Waals surface area contributed by atoms with E-state index in [4.69, 9.17) is 5.73 Å². The van der Waals surface area contributed by atoms with E-state index in [1.54, 1.807) is 0 Å². The lowest BCUT2D eigenvalue weighted by Gasteiger charge is -2.11. The van der Waals surface area contributed by atoms with Crippen LogP contribution in [-0.4, -0.2) is 12.2 Å². The van der Waals surface area contributed by atoms with Crippen molar-refractivity contribution in [1.82, 2.24) is 0 Å². The third-order valence-electron chi connectivity index (χ3n) is 1.96.